The topological polar surface area (TPSA) is 87.6 Å². The summed E-state index contributed by atoms with van der Waals surface area (Å²) in [5, 5.41) is 4.56. The van der Waals surface area contributed by atoms with E-state index in [0.717, 1.165) is 48.9 Å². The number of ether oxygens (including phenoxy) is 2. The van der Waals surface area contributed by atoms with Crippen LogP contribution in [0.2, 0.25) is 0 Å². The molecular formula is C27H29F2N5O2. The van der Waals surface area contributed by atoms with E-state index in [2.05, 4.69) is 21.1 Å². The van der Waals surface area contributed by atoms with Gasteiger partial charge in [0, 0.05) is 44.1 Å². The molecule has 1 aliphatic rings. The van der Waals surface area contributed by atoms with E-state index in [1.807, 2.05) is 12.4 Å². The van der Waals surface area contributed by atoms with E-state index >= 15 is 0 Å². The molecule has 2 N–H and O–H groups in total. The minimum absolute atomic E-state index is 0.0988. The average Bonchev–Trinajstić information content (AvgIpc) is 3.26. The molecule has 0 aliphatic heterocycles. The van der Waals surface area contributed by atoms with E-state index in [9.17, 15) is 8.78 Å². The number of nitrogens with two attached hydrogens (primary N) is 1. The van der Waals surface area contributed by atoms with Gasteiger partial charge in [-0.2, -0.15) is 5.10 Å². The molecule has 5 rings (SSSR count). The van der Waals surface area contributed by atoms with Crippen molar-refractivity contribution in [1.29, 1.82) is 0 Å². The number of benzene rings is 1. The Morgan fingerprint density at radius 1 is 1.08 bits per heavy atom. The number of halogens is 2. The van der Waals surface area contributed by atoms with Crippen LogP contribution in [0, 0.1) is 11.6 Å². The summed E-state index contributed by atoms with van der Waals surface area (Å²) in [7, 11) is 1.53. The molecule has 3 heterocycles. The smallest absolute Gasteiger partial charge is 0.139 e. The third-order valence-electron chi connectivity index (χ3n) is 6.73. The Balaban J connectivity index is 1.45. The first kappa shape index (κ1) is 24.3. The Hall–Kier alpha value is -3.43. The van der Waals surface area contributed by atoms with Gasteiger partial charge in [-0.1, -0.05) is 6.42 Å². The minimum atomic E-state index is -0.751. The van der Waals surface area contributed by atoms with Crippen molar-refractivity contribution >= 4 is 5.52 Å². The molecule has 3 aromatic heterocycles. The SMILES string of the molecule is COCCOc1cc(F)c(-c2ccc3cnc(Cc4cnccc4[C@@H]4CCC[C@H](N)C4)n3n2)c(F)c1. The van der Waals surface area contributed by atoms with Crippen molar-refractivity contribution in [3.63, 3.8) is 0 Å². The number of pyridine rings is 1. The van der Waals surface area contributed by atoms with Crippen LogP contribution in [0.4, 0.5) is 8.78 Å². The van der Waals surface area contributed by atoms with Gasteiger partial charge in [-0.15, -0.1) is 0 Å². The molecular weight excluding hydrogens is 464 g/mol. The van der Waals surface area contributed by atoms with Crippen LogP contribution in [0.5, 0.6) is 5.75 Å². The third kappa shape index (κ3) is 5.08. The molecule has 1 saturated carbocycles. The lowest BCUT2D eigenvalue weighted by Crippen LogP contribution is -2.27. The summed E-state index contributed by atoms with van der Waals surface area (Å²) in [4.78, 5) is 8.89. The second-order valence-corrected chi connectivity index (χ2v) is 9.21. The molecule has 9 heteroatoms. The highest BCUT2D eigenvalue weighted by Crippen LogP contribution is 2.34. The highest BCUT2D eigenvalue weighted by Gasteiger charge is 2.24. The van der Waals surface area contributed by atoms with Gasteiger partial charge in [0.15, 0.2) is 0 Å². The van der Waals surface area contributed by atoms with Crippen LogP contribution in [0.15, 0.2) is 48.9 Å². The second kappa shape index (κ2) is 10.7. The van der Waals surface area contributed by atoms with Crippen LogP contribution in [0.1, 0.15) is 48.6 Å². The summed E-state index contributed by atoms with van der Waals surface area (Å²) in [5.74, 6) is -0.351. The van der Waals surface area contributed by atoms with Crippen LogP contribution < -0.4 is 10.5 Å². The Morgan fingerprint density at radius 2 is 1.92 bits per heavy atom. The van der Waals surface area contributed by atoms with Gasteiger partial charge in [0.1, 0.15) is 29.8 Å². The average molecular weight is 494 g/mol. The van der Waals surface area contributed by atoms with E-state index in [1.165, 1.54) is 12.7 Å². The van der Waals surface area contributed by atoms with Crippen molar-refractivity contribution in [2.24, 2.45) is 5.73 Å². The molecule has 36 heavy (non-hydrogen) atoms. The first-order valence-corrected chi connectivity index (χ1v) is 12.2. The van der Waals surface area contributed by atoms with Crippen molar-refractivity contribution in [3.8, 4) is 17.0 Å². The fourth-order valence-electron chi connectivity index (χ4n) is 4.97. The number of aromatic nitrogens is 4. The normalized spacial score (nSPS) is 18.0. The molecule has 2 atom stereocenters. The van der Waals surface area contributed by atoms with Crippen LogP contribution in [-0.2, 0) is 11.2 Å². The lowest BCUT2D eigenvalue weighted by molar-refractivity contribution is 0.146. The van der Waals surface area contributed by atoms with Gasteiger partial charge in [0.2, 0.25) is 0 Å². The molecule has 0 unspecified atom stereocenters. The highest BCUT2D eigenvalue weighted by atomic mass is 19.1. The Labute approximate surface area is 208 Å². The Morgan fingerprint density at radius 3 is 2.69 bits per heavy atom. The van der Waals surface area contributed by atoms with E-state index in [-0.39, 0.29) is 29.7 Å². The minimum Gasteiger partial charge on any atom is -0.491 e. The van der Waals surface area contributed by atoms with E-state index < -0.39 is 11.6 Å². The molecule has 1 fully saturated rings. The molecule has 1 aromatic carbocycles. The van der Waals surface area contributed by atoms with E-state index in [0.29, 0.717) is 24.8 Å². The first-order chi connectivity index (χ1) is 17.5. The Kier molecular flexibility index (Phi) is 7.20. The van der Waals surface area contributed by atoms with Crippen molar-refractivity contribution < 1.29 is 18.3 Å². The highest BCUT2D eigenvalue weighted by molar-refractivity contribution is 5.63. The maximum atomic E-state index is 14.9. The summed E-state index contributed by atoms with van der Waals surface area (Å²) < 4.78 is 41.8. The fraction of sp³-hybridized carbons (Fsp3) is 0.370. The number of rotatable bonds is 8. The van der Waals surface area contributed by atoms with Crippen molar-refractivity contribution in [3.05, 3.63) is 77.5 Å². The molecule has 7 nitrogen and oxygen atoms in total. The van der Waals surface area contributed by atoms with Gasteiger partial charge in [0.05, 0.1) is 29.6 Å². The van der Waals surface area contributed by atoms with Gasteiger partial charge in [-0.3, -0.25) is 4.98 Å². The molecule has 0 spiro atoms. The summed E-state index contributed by atoms with van der Waals surface area (Å²) in [6, 6.07) is 7.94. The van der Waals surface area contributed by atoms with Crippen LogP contribution in [0.3, 0.4) is 0 Å². The van der Waals surface area contributed by atoms with Crippen molar-refractivity contribution in [2.45, 2.75) is 44.1 Å². The van der Waals surface area contributed by atoms with Crippen molar-refractivity contribution in [1.82, 2.24) is 19.6 Å². The molecule has 1 aliphatic carbocycles. The first-order valence-electron chi connectivity index (χ1n) is 12.2. The maximum absolute atomic E-state index is 14.9. The van der Waals surface area contributed by atoms with E-state index in [1.54, 1.807) is 22.8 Å². The lowest BCUT2D eigenvalue weighted by Gasteiger charge is -2.28. The summed E-state index contributed by atoms with van der Waals surface area (Å²) >= 11 is 0. The largest absolute Gasteiger partial charge is 0.491 e. The molecule has 188 valence electrons. The van der Waals surface area contributed by atoms with Gasteiger partial charge >= 0.3 is 0 Å². The van der Waals surface area contributed by atoms with E-state index in [4.69, 9.17) is 15.2 Å². The molecule has 0 radical (unpaired) electrons. The number of nitrogens with zero attached hydrogens (tertiary/aromatic N) is 4. The maximum Gasteiger partial charge on any atom is 0.139 e. The van der Waals surface area contributed by atoms with Gasteiger partial charge in [0.25, 0.3) is 0 Å². The molecule has 0 bridgehead atoms. The van der Waals surface area contributed by atoms with Gasteiger partial charge in [-0.05, 0) is 54.5 Å². The number of fused-ring (bicyclic) bond motifs is 1. The predicted octanol–water partition coefficient (Wildman–Crippen LogP) is 4.67. The molecule has 0 saturated heterocycles. The number of imidazole rings is 1. The van der Waals surface area contributed by atoms with Gasteiger partial charge in [-0.25, -0.2) is 18.3 Å². The molecule has 0 amide bonds. The zero-order valence-corrected chi connectivity index (χ0v) is 20.2. The summed E-state index contributed by atoms with van der Waals surface area (Å²) in [6.45, 7) is 0.513. The van der Waals surface area contributed by atoms with Crippen LogP contribution in [-0.4, -0.2) is 45.9 Å². The number of hydrogen-bond acceptors (Lipinski definition) is 6. The van der Waals surface area contributed by atoms with Crippen LogP contribution in [0.25, 0.3) is 16.8 Å². The third-order valence-corrected chi connectivity index (χ3v) is 6.73. The zero-order valence-electron chi connectivity index (χ0n) is 20.2. The second-order valence-electron chi connectivity index (χ2n) is 9.21. The monoisotopic (exact) mass is 493 g/mol. The lowest BCUT2D eigenvalue weighted by atomic mass is 9.80. The quantitative estimate of drug-likeness (QED) is 0.359. The predicted molar refractivity (Wildman–Crippen MR) is 132 cm³/mol. The zero-order chi connectivity index (χ0) is 25.1. The van der Waals surface area contributed by atoms with Crippen LogP contribution >= 0.6 is 0 Å². The standard InChI is InChI=1S/C27H29F2N5O2/c1-35-9-10-36-21-13-23(28)27(24(29)14-21)25-6-5-20-16-32-26(34(20)33-25)12-18-15-31-8-7-22(18)17-3-2-4-19(30)11-17/h5-8,13-17,19H,2-4,9-12,30H2,1H3/t17-,19+/m1/s1. The fourth-order valence-corrected chi connectivity index (χ4v) is 4.97. The van der Waals surface area contributed by atoms with Gasteiger partial charge < -0.3 is 15.2 Å². The number of hydrogen-bond donors (Lipinski definition) is 1. The number of methoxy groups -OCH3 is 1. The summed E-state index contributed by atoms with van der Waals surface area (Å²) in [6.07, 6.45) is 10.1. The summed E-state index contributed by atoms with van der Waals surface area (Å²) in [5.41, 5.74) is 9.23. The Bertz CT molecular complexity index is 1340. The molecule has 4 aromatic rings. The van der Waals surface area contributed by atoms with Crippen molar-refractivity contribution in [2.75, 3.05) is 20.3 Å².